The van der Waals surface area contributed by atoms with Crippen molar-refractivity contribution in [3.05, 3.63) is 23.1 Å². The summed E-state index contributed by atoms with van der Waals surface area (Å²) in [7, 11) is 0. The van der Waals surface area contributed by atoms with Crippen LogP contribution >= 0.6 is 12.2 Å². The lowest BCUT2D eigenvalue weighted by Gasteiger charge is -2.03. The van der Waals surface area contributed by atoms with E-state index < -0.39 is 0 Å². The Morgan fingerprint density at radius 1 is 1.60 bits per heavy atom. The van der Waals surface area contributed by atoms with E-state index in [9.17, 15) is 0 Å². The highest BCUT2D eigenvalue weighted by Gasteiger charge is 2.03. The van der Waals surface area contributed by atoms with Crippen molar-refractivity contribution in [3.8, 4) is 0 Å². The van der Waals surface area contributed by atoms with Gasteiger partial charge in [0.05, 0.1) is 18.7 Å². The molecule has 0 unspecified atom stereocenters. The van der Waals surface area contributed by atoms with Crippen molar-refractivity contribution in [1.82, 2.24) is 14.5 Å². The summed E-state index contributed by atoms with van der Waals surface area (Å²) < 4.78 is 7.96. The van der Waals surface area contributed by atoms with Crippen molar-refractivity contribution >= 4 is 23.4 Å². The maximum Gasteiger partial charge on any atom is 0.179 e. The van der Waals surface area contributed by atoms with Gasteiger partial charge in [-0.3, -0.25) is 4.57 Å². The van der Waals surface area contributed by atoms with Crippen LogP contribution in [0.15, 0.2) is 18.3 Å². The molecule has 2 heterocycles. The van der Waals surface area contributed by atoms with Gasteiger partial charge in [-0.2, -0.15) is 0 Å². The van der Waals surface area contributed by atoms with Gasteiger partial charge in [0.1, 0.15) is 0 Å². The fraction of sp³-hybridized carbons (Fsp3) is 0.400. The Kier molecular flexibility index (Phi) is 3.13. The van der Waals surface area contributed by atoms with Crippen LogP contribution in [0.3, 0.4) is 0 Å². The zero-order valence-corrected chi connectivity index (χ0v) is 9.38. The molecule has 0 bridgehead atoms. The topological polar surface area (TPSA) is 42.8 Å². The summed E-state index contributed by atoms with van der Waals surface area (Å²) in [6, 6.07) is 3.86. The molecule has 80 valence electrons. The third-order valence-electron chi connectivity index (χ3n) is 2.19. The highest BCUT2D eigenvalue weighted by atomic mass is 32.1. The van der Waals surface area contributed by atoms with Gasteiger partial charge < -0.3 is 9.72 Å². The van der Waals surface area contributed by atoms with Crippen LogP contribution in [0.4, 0.5) is 0 Å². The number of nitrogens with one attached hydrogen (secondary N) is 1. The molecule has 0 saturated carbocycles. The number of pyridine rings is 1. The molecule has 2 aromatic heterocycles. The molecule has 0 fully saturated rings. The molecule has 5 heteroatoms. The van der Waals surface area contributed by atoms with E-state index in [-0.39, 0.29) is 0 Å². The van der Waals surface area contributed by atoms with Gasteiger partial charge >= 0.3 is 0 Å². The Morgan fingerprint density at radius 3 is 3.27 bits per heavy atom. The smallest absolute Gasteiger partial charge is 0.179 e. The maximum absolute atomic E-state index is 5.30. The number of aromatic nitrogens is 3. The van der Waals surface area contributed by atoms with Gasteiger partial charge in [0, 0.05) is 12.8 Å². The van der Waals surface area contributed by atoms with Gasteiger partial charge in [0.25, 0.3) is 0 Å². The summed E-state index contributed by atoms with van der Waals surface area (Å²) in [5.74, 6) is 0. The van der Waals surface area contributed by atoms with E-state index in [4.69, 9.17) is 17.0 Å². The summed E-state index contributed by atoms with van der Waals surface area (Å²) in [5, 5.41) is 0. The van der Waals surface area contributed by atoms with Gasteiger partial charge in [0.2, 0.25) is 0 Å². The molecule has 0 aliphatic heterocycles. The molecular formula is C10H13N3OS. The lowest BCUT2D eigenvalue weighted by molar-refractivity contribution is 0.139. The Bertz CT molecular complexity index is 503. The Hall–Kier alpha value is -1.20. The second-order valence-corrected chi connectivity index (χ2v) is 3.54. The molecule has 0 aromatic carbocycles. The van der Waals surface area contributed by atoms with Crippen molar-refractivity contribution in [2.24, 2.45) is 0 Å². The molecule has 15 heavy (non-hydrogen) atoms. The molecule has 0 spiro atoms. The number of ether oxygens (including phenoxy) is 1. The maximum atomic E-state index is 5.30. The van der Waals surface area contributed by atoms with Crippen molar-refractivity contribution in [2.45, 2.75) is 13.5 Å². The molecule has 4 nitrogen and oxygen atoms in total. The van der Waals surface area contributed by atoms with Crippen LogP contribution < -0.4 is 0 Å². The zero-order chi connectivity index (χ0) is 10.7. The summed E-state index contributed by atoms with van der Waals surface area (Å²) in [6.45, 7) is 4.11. The van der Waals surface area contributed by atoms with Crippen LogP contribution in [0.2, 0.25) is 0 Å². The largest absolute Gasteiger partial charge is 0.380 e. The normalized spacial score (nSPS) is 11.0. The van der Waals surface area contributed by atoms with Gasteiger partial charge in [-0.25, -0.2) is 4.98 Å². The molecule has 0 aliphatic carbocycles. The van der Waals surface area contributed by atoms with E-state index in [1.807, 2.05) is 23.6 Å². The van der Waals surface area contributed by atoms with Crippen molar-refractivity contribution in [2.75, 3.05) is 13.2 Å². The quantitative estimate of drug-likeness (QED) is 0.638. The molecule has 0 atom stereocenters. The van der Waals surface area contributed by atoms with Gasteiger partial charge in [0.15, 0.2) is 10.4 Å². The van der Waals surface area contributed by atoms with E-state index in [1.165, 1.54) is 0 Å². The SMILES string of the molecule is CCOCCn1c(=S)[nH]c2cccnc21. The number of hydrogen-bond donors (Lipinski definition) is 1. The number of imidazole rings is 1. The van der Waals surface area contributed by atoms with Crippen molar-refractivity contribution < 1.29 is 4.74 Å². The molecule has 1 N–H and O–H groups in total. The number of hydrogen-bond acceptors (Lipinski definition) is 3. The molecule has 2 rings (SSSR count). The molecule has 0 aliphatic rings. The summed E-state index contributed by atoms with van der Waals surface area (Å²) in [4.78, 5) is 7.40. The second kappa shape index (κ2) is 4.55. The van der Waals surface area contributed by atoms with Crippen molar-refractivity contribution in [3.63, 3.8) is 0 Å². The Balaban J connectivity index is 2.33. The average Bonchev–Trinajstić information content (AvgIpc) is 2.56. The number of nitrogens with zero attached hydrogens (tertiary/aromatic N) is 2. The first-order chi connectivity index (χ1) is 7.33. The fourth-order valence-corrected chi connectivity index (χ4v) is 1.78. The van der Waals surface area contributed by atoms with Crippen LogP contribution in [0, 0.1) is 4.77 Å². The highest BCUT2D eigenvalue weighted by molar-refractivity contribution is 7.71. The summed E-state index contributed by atoms with van der Waals surface area (Å²) in [5.41, 5.74) is 1.86. The summed E-state index contributed by atoms with van der Waals surface area (Å²) >= 11 is 5.21. The van der Waals surface area contributed by atoms with Gasteiger partial charge in [-0.1, -0.05) is 0 Å². The number of fused-ring (bicyclic) bond motifs is 1. The molecular weight excluding hydrogens is 210 g/mol. The minimum absolute atomic E-state index is 0.661. The Morgan fingerprint density at radius 2 is 2.47 bits per heavy atom. The standard InChI is InChI=1S/C10H13N3OS/c1-2-14-7-6-13-9-8(12-10(13)15)4-3-5-11-9/h3-5H,2,6-7H2,1H3,(H,12,15). The summed E-state index contributed by atoms with van der Waals surface area (Å²) in [6.07, 6.45) is 1.77. The minimum atomic E-state index is 0.661. The van der Waals surface area contributed by atoms with Crippen molar-refractivity contribution in [1.29, 1.82) is 0 Å². The first-order valence-electron chi connectivity index (χ1n) is 4.94. The number of H-pyrrole nitrogens is 1. The molecule has 0 saturated heterocycles. The van der Waals surface area contributed by atoms with Crippen LogP contribution in [-0.2, 0) is 11.3 Å². The van der Waals surface area contributed by atoms with E-state index >= 15 is 0 Å². The minimum Gasteiger partial charge on any atom is -0.380 e. The third-order valence-corrected chi connectivity index (χ3v) is 2.51. The van der Waals surface area contributed by atoms with E-state index in [0.717, 1.165) is 24.3 Å². The van der Waals surface area contributed by atoms with E-state index in [0.29, 0.717) is 11.4 Å². The predicted octanol–water partition coefficient (Wildman–Crippen LogP) is 2.13. The van der Waals surface area contributed by atoms with Crippen LogP contribution in [0.5, 0.6) is 0 Å². The fourth-order valence-electron chi connectivity index (χ4n) is 1.50. The monoisotopic (exact) mass is 223 g/mol. The van der Waals surface area contributed by atoms with E-state index in [2.05, 4.69) is 9.97 Å². The van der Waals surface area contributed by atoms with E-state index in [1.54, 1.807) is 6.20 Å². The predicted molar refractivity (Wildman–Crippen MR) is 61.4 cm³/mol. The second-order valence-electron chi connectivity index (χ2n) is 3.15. The highest BCUT2D eigenvalue weighted by Crippen LogP contribution is 2.09. The zero-order valence-electron chi connectivity index (χ0n) is 8.56. The van der Waals surface area contributed by atoms with Gasteiger partial charge in [-0.05, 0) is 31.3 Å². The number of rotatable bonds is 4. The first-order valence-corrected chi connectivity index (χ1v) is 5.35. The molecule has 2 aromatic rings. The average molecular weight is 223 g/mol. The van der Waals surface area contributed by atoms with Crippen LogP contribution in [0.25, 0.3) is 11.2 Å². The van der Waals surface area contributed by atoms with Crippen LogP contribution in [0.1, 0.15) is 6.92 Å². The third kappa shape index (κ3) is 2.08. The lowest BCUT2D eigenvalue weighted by Crippen LogP contribution is -2.06. The first kappa shape index (κ1) is 10.3. The van der Waals surface area contributed by atoms with Gasteiger partial charge in [-0.15, -0.1) is 0 Å². The lowest BCUT2D eigenvalue weighted by atomic mass is 10.4. The molecule has 0 amide bonds. The molecule has 0 radical (unpaired) electrons. The van der Waals surface area contributed by atoms with Crippen LogP contribution in [-0.4, -0.2) is 27.7 Å². The number of aromatic amines is 1. The Labute approximate surface area is 92.9 Å².